The number of methoxy groups -OCH3 is 1. The Morgan fingerprint density at radius 1 is 1.04 bits per heavy atom. The van der Waals surface area contributed by atoms with E-state index in [1.54, 1.807) is 13.3 Å². The monoisotopic (exact) mass is 335 g/mol. The Morgan fingerprint density at radius 3 is 2.72 bits per heavy atom. The van der Waals surface area contributed by atoms with Gasteiger partial charge in [0.05, 0.1) is 12.8 Å². The summed E-state index contributed by atoms with van der Waals surface area (Å²) in [6.45, 7) is 0.877. The van der Waals surface area contributed by atoms with E-state index in [1.807, 2.05) is 48.5 Å². The van der Waals surface area contributed by atoms with Crippen LogP contribution in [0.1, 0.15) is 5.56 Å². The van der Waals surface area contributed by atoms with E-state index < -0.39 is 0 Å². The van der Waals surface area contributed by atoms with E-state index in [9.17, 15) is 0 Å². The molecular formula is C19H17N3O3. The van der Waals surface area contributed by atoms with Gasteiger partial charge >= 0.3 is 0 Å². The molecule has 3 aromatic rings. The van der Waals surface area contributed by atoms with Gasteiger partial charge in [-0.2, -0.15) is 0 Å². The molecule has 0 aliphatic carbocycles. The van der Waals surface area contributed by atoms with Crippen molar-refractivity contribution in [3.63, 3.8) is 0 Å². The van der Waals surface area contributed by atoms with Gasteiger partial charge in [0.25, 0.3) is 0 Å². The molecule has 0 radical (unpaired) electrons. The summed E-state index contributed by atoms with van der Waals surface area (Å²) >= 11 is 0. The number of fused-ring (bicyclic) bond motifs is 1. The average molecular weight is 335 g/mol. The van der Waals surface area contributed by atoms with E-state index in [2.05, 4.69) is 15.3 Å². The summed E-state index contributed by atoms with van der Waals surface area (Å²) in [5.74, 6) is 2.94. The molecule has 0 unspecified atom stereocenters. The molecule has 126 valence electrons. The molecule has 0 fully saturated rings. The smallest absolute Gasteiger partial charge is 0.231 e. The van der Waals surface area contributed by atoms with Crippen molar-refractivity contribution in [2.75, 3.05) is 19.2 Å². The van der Waals surface area contributed by atoms with Gasteiger partial charge in [-0.15, -0.1) is 0 Å². The Morgan fingerprint density at radius 2 is 1.88 bits per heavy atom. The first-order valence-corrected chi connectivity index (χ1v) is 7.92. The molecule has 6 nitrogen and oxygen atoms in total. The molecule has 1 N–H and O–H groups in total. The van der Waals surface area contributed by atoms with Crippen LogP contribution in [-0.4, -0.2) is 23.9 Å². The van der Waals surface area contributed by atoms with Gasteiger partial charge in [0.1, 0.15) is 5.75 Å². The van der Waals surface area contributed by atoms with Gasteiger partial charge in [0.15, 0.2) is 11.5 Å². The Labute approximate surface area is 145 Å². The molecule has 0 saturated carbocycles. The molecule has 0 atom stereocenters. The topological polar surface area (TPSA) is 65.5 Å². The summed E-state index contributed by atoms with van der Waals surface area (Å²) < 4.78 is 15.9. The van der Waals surface area contributed by atoms with Crippen molar-refractivity contribution in [2.45, 2.75) is 6.54 Å². The number of rotatable bonds is 5. The third-order valence-corrected chi connectivity index (χ3v) is 3.93. The summed E-state index contributed by atoms with van der Waals surface area (Å²) in [5, 5.41) is 3.24. The minimum Gasteiger partial charge on any atom is -0.497 e. The van der Waals surface area contributed by atoms with Crippen LogP contribution < -0.4 is 19.5 Å². The maximum absolute atomic E-state index is 5.40. The van der Waals surface area contributed by atoms with Crippen molar-refractivity contribution in [1.29, 1.82) is 0 Å². The largest absolute Gasteiger partial charge is 0.497 e. The lowest BCUT2D eigenvalue weighted by Gasteiger charge is -2.08. The fourth-order valence-corrected chi connectivity index (χ4v) is 2.60. The van der Waals surface area contributed by atoms with Crippen LogP contribution in [0.5, 0.6) is 17.2 Å². The normalized spacial score (nSPS) is 12.0. The van der Waals surface area contributed by atoms with Crippen LogP contribution in [0.25, 0.3) is 11.3 Å². The number of nitrogens with zero attached hydrogens (tertiary/aromatic N) is 2. The van der Waals surface area contributed by atoms with E-state index in [0.29, 0.717) is 12.5 Å². The van der Waals surface area contributed by atoms with Crippen LogP contribution in [0.4, 0.5) is 5.95 Å². The van der Waals surface area contributed by atoms with Crippen LogP contribution in [0, 0.1) is 0 Å². The molecule has 2 aromatic carbocycles. The van der Waals surface area contributed by atoms with Gasteiger partial charge in [-0.25, -0.2) is 9.97 Å². The Balaban J connectivity index is 1.47. The summed E-state index contributed by atoms with van der Waals surface area (Å²) in [7, 11) is 1.65. The molecule has 1 aliphatic rings. The fraction of sp³-hybridized carbons (Fsp3) is 0.158. The average Bonchev–Trinajstić information content (AvgIpc) is 3.14. The number of anilines is 1. The lowest BCUT2D eigenvalue weighted by atomic mass is 10.1. The highest BCUT2D eigenvalue weighted by molar-refractivity contribution is 5.61. The van der Waals surface area contributed by atoms with Crippen LogP contribution in [0.3, 0.4) is 0 Å². The maximum atomic E-state index is 5.40. The molecule has 6 heteroatoms. The molecule has 25 heavy (non-hydrogen) atoms. The van der Waals surface area contributed by atoms with Crippen LogP contribution >= 0.6 is 0 Å². The Kier molecular flexibility index (Phi) is 4.08. The molecule has 2 heterocycles. The maximum Gasteiger partial charge on any atom is 0.231 e. The molecule has 0 bridgehead atoms. The zero-order chi connectivity index (χ0) is 17.1. The molecule has 1 aliphatic heterocycles. The van der Waals surface area contributed by atoms with E-state index in [0.717, 1.165) is 34.1 Å². The summed E-state index contributed by atoms with van der Waals surface area (Å²) in [5.41, 5.74) is 2.93. The molecule has 1 aromatic heterocycles. The summed E-state index contributed by atoms with van der Waals surface area (Å²) in [6, 6.07) is 15.5. The predicted molar refractivity (Wildman–Crippen MR) is 93.9 cm³/mol. The lowest BCUT2D eigenvalue weighted by Crippen LogP contribution is -2.04. The number of nitrogens with one attached hydrogen (secondary N) is 1. The molecule has 0 spiro atoms. The van der Waals surface area contributed by atoms with Crippen molar-refractivity contribution < 1.29 is 14.2 Å². The van der Waals surface area contributed by atoms with Crippen LogP contribution in [0.2, 0.25) is 0 Å². The highest BCUT2D eigenvalue weighted by Gasteiger charge is 2.13. The SMILES string of the molecule is COc1ccc(-c2ccnc(NCc3ccc4c(c3)OCO4)n2)cc1. The molecule has 0 amide bonds. The Hall–Kier alpha value is -3.28. The number of benzene rings is 2. The van der Waals surface area contributed by atoms with Gasteiger partial charge < -0.3 is 19.5 Å². The predicted octanol–water partition coefficient (Wildman–Crippen LogP) is 3.49. The first-order chi connectivity index (χ1) is 12.3. The van der Waals surface area contributed by atoms with Gasteiger partial charge in [0, 0.05) is 18.3 Å². The van der Waals surface area contributed by atoms with Crippen molar-refractivity contribution in [1.82, 2.24) is 9.97 Å². The number of ether oxygens (including phenoxy) is 3. The minimum atomic E-state index is 0.277. The third kappa shape index (κ3) is 3.33. The zero-order valence-electron chi connectivity index (χ0n) is 13.7. The fourth-order valence-electron chi connectivity index (χ4n) is 2.60. The standard InChI is InChI=1S/C19H17N3O3/c1-23-15-5-3-14(4-6-15)16-8-9-20-19(22-16)21-11-13-2-7-17-18(10-13)25-12-24-17/h2-10H,11-12H2,1H3,(H,20,21,22). The quantitative estimate of drug-likeness (QED) is 0.770. The second-order valence-electron chi connectivity index (χ2n) is 5.54. The highest BCUT2D eigenvalue weighted by atomic mass is 16.7. The summed E-state index contributed by atoms with van der Waals surface area (Å²) in [6.07, 6.45) is 1.74. The number of hydrogen-bond acceptors (Lipinski definition) is 6. The first-order valence-electron chi connectivity index (χ1n) is 7.92. The Bertz CT molecular complexity index is 881. The van der Waals surface area contributed by atoms with Gasteiger partial charge in [-0.05, 0) is 48.0 Å². The van der Waals surface area contributed by atoms with Crippen molar-refractivity contribution in [3.05, 3.63) is 60.3 Å². The second-order valence-corrected chi connectivity index (χ2v) is 5.54. The zero-order valence-corrected chi connectivity index (χ0v) is 13.7. The third-order valence-electron chi connectivity index (χ3n) is 3.93. The van der Waals surface area contributed by atoms with E-state index in [4.69, 9.17) is 14.2 Å². The van der Waals surface area contributed by atoms with Gasteiger partial charge in [0.2, 0.25) is 12.7 Å². The number of hydrogen-bond donors (Lipinski definition) is 1. The molecular weight excluding hydrogens is 318 g/mol. The minimum absolute atomic E-state index is 0.277. The first kappa shape index (κ1) is 15.3. The summed E-state index contributed by atoms with van der Waals surface area (Å²) in [4.78, 5) is 8.85. The van der Waals surface area contributed by atoms with Gasteiger partial charge in [-0.3, -0.25) is 0 Å². The van der Waals surface area contributed by atoms with Crippen LogP contribution in [-0.2, 0) is 6.54 Å². The molecule has 0 saturated heterocycles. The van der Waals surface area contributed by atoms with Crippen molar-refractivity contribution >= 4 is 5.95 Å². The van der Waals surface area contributed by atoms with E-state index in [1.165, 1.54) is 0 Å². The lowest BCUT2D eigenvalue weighted by molar-refractivity contribution is 0.174. The van der Waals surface area contributed by atoms with E-state index >= 15 is 0 Å². The molecule has 4 rings (SSSR count). The highest BCUT2D eigenvalue weighted by Crippen LogP contribution is 2.32. The van der Waals surface area contributed by atoms with Crippen molar-refractivity contribution in [2.24, 2.45) is 0 Å². The van der Waals surface area contributed by atoms with Crippen molar-refractivity contribution in [3.8, 4) is 28.5 Å². The van der Waals surface area contributed by atoms with Gasteiger partial charge in [-0.1, -0.05) is 6.07 Å². The van der Waals surface area contributed by atoms with Crippen LogP contribution in [0.15, 0.2) is 54.7 Å². The number of aromatic nitrogens is 2. The van der Waals surface area contributed by atoms with E-state index in [-0.39, 0.29) is 6.79 Å². The second kappa shape index (κ2) is 6.68.